The van der Waals surface area contributed by atoms with E-state index in [9.17, 15) is 14.4 Å². The summed E-state index contributed by atoms with van der Waals surface area (Å²) < 4.78 is 0. The zero-order chi connectivity index (χ0) is 16.1. The first kappa shape index (κ1) is 16.4. The lowest BCUT2D eigenvalue weighted by molar-refractivity contribution is -0.125. The Kier molecular flexibility index (Phi) is 5.51. The molecule has 3 amide bonds. The van der Waals surface area contributed by atoms with Crippen LogP contribution in [-0.4, -0.2) is 39.4 Å². The lowest BCUT2D eigenvalue weighted by atomic mass is 10.2. The molecule has 0 saturated carbocycles. The second-order valence-electron chi connectivity index (χ2n) is 4.67. The summed E-state index contributed by atoms with van der Waals surface area (Å²) in [4.78, 5) is 35.7. The molecular weight excluding hydrogens is 322 g/mol. The number of amides is 3. The molecule has 1 heterocycles. The molecule has 6 nitrogen and oxygen atoms in total. The SMILES string of the molecule is Cc1ccccc1NC(=S)NC(=O)CCN1C(=O)CSC1=O. The third kappa shape index (κ3) is 4.28. The molecule has 0 aromatic heterocycles. The van der Waals surface area contributed by atoms with Gasteiger partial charge >= 0.3 is 0 Å². The molecule has 0 atom stereocenters. The maximum atomic E-state index is 11.8. The zero-order valence-electron chi connectivity index (χ0n) is 11.9. The summed E-state index contributed by atoms with van der Waals surface area (Å²) in [5, 5.41) is 5.35. The van der Waals surface area contributed by atoms with Crippen LogP contribution in [0.25, 0.3) is 0 Å². The number of rotatable bonds is 4. The number of para-hydroxylation sites is 1. The molecule has 1 fully saturated rings. The molecule has 0 spiro atoms. The Hall–Kier alpha value is -1.93. The molecule has 2 rings (SSSR count). The normalized spacial score (nSPS) is 14.1. The van der Waals surface area contributed by atoms with Crippen LogP contribution in [-0.2, 0) is 9.59 Å². The summed E-state index contributed by atoms with van der Waals surface area (Å²) in [6.07, 6.45) is 0.0215. The second kappa shape index (κ2) is 7.37. The van der Waals surface area contributed by atoms with Crippen molar-refractivity contribution in [3.8, 4) is 0 Å². The fourth-order valence-electron chi connectivity index (χ4n) is 1.87. The van der Waals surface area contributed by atoms with Crippen molar-refractivity contribution in [2.75, 3.05) is 17.6 Å². The van der Waals surface area contributed by atoms with Crippen molar-refractivity contribution in [1.29, 1.82) is 0 Å². The number of thioether (sulfide) groups is 1. The van der Waals surface area contributed by atoms with E-state index in [4.69, 9.17) is 12.2 Å². The minimum Gasteiger partial charge on any atom is -0.332 e. The molecule has 1 aromatic carbocycles. The van der Waals surface area contributed by atoms with Crippen molar-refractivity contribution in [3.05, 3.63) is 29.8 Å². The van der Waals surface area contributed by atoms with Gasteiger partial charge < -0.3 is 10.6 Å². The van der Waals surface area contributed by atoms with E-state index in [0.717, 1.165) is 27.9 Å². The Balaban J connectivity index is 1.79. The number of anilines is 1. The lowest BCUT2D eigenvalue weighted by Gasteiger charge is -2.14. The van der Waals surface area contributed by atoms with Crippen molar-refractivity contribution >= 4 is 51.8 Å². The van der Waals surface area contributed by atoms with Crippen molar-refractivity contribution in [2.24, 2.45) is 0 Å². The fraction of sp³-hybridized carbons (Fsp3) is 0.286. The molecule has 1 aliphatic heterocycles. The summed E-state index contributed by atoms with van der Waals surface area (Å²) in [6, 6.07) is 7.55. The first-order valence-corrected chi connectivity index (χ1v) is 8.00. The van der Waals surface area contributed by atoms with E-state index in [-0.39, 0.29) is 40.9 Å². The van der Waals surface area contributed by atoms with E-state index in [1.807, 2.05) is 31.2 Å². The highest BCUT2D eigenvalue weighted by atomic mass is 32.2. The van der Waals surface area contributed by atoms with Crippen LogP contribution in [0.3, 0.4) is 0 Å². The van der Waals surface area contributed by atoms with Gasteiger partial charge in [0.1, 0.15) is 0 Å². The number of hydrogen-bond acceptors (Lipinski definition) is 5. The molecular formula is C14H15N3O3S2. The minimum atomic E-state index is -0.344. The number of nitrogens with zero attached hydrogens (tertiary/aromatic N) is 1. The highest BCUT2D eigenvalue weighted by Gasteiger charge is 2.29. The Morgan fingerprint density at radius 3 is 2.73 bits per heavy atom. The van der Waals surface area contributed by atoms with E-state index < -0.39 is 0 Å². The third-order valence-electron chi connectivity index (χ3n) is 3.05. The molecule has 1 aliphatic rings. The summed E-state index contributed by atoms with van der Waals surface area (Å²) in [5.74, 6) is -0.458. The van der Waals surface area contributed by atoms with Crippen molar-refractivity contribution in [1.82, 2.24) is 10.2 Å². The maximum Gasteiger partial charge on any atom is 0.288 e. The summed E-state index contributed by atoms with van der Waals surface area (Å²) in [6.45, 7) is 2.00. The van der Waals surface area contributed by atoms with E-state index in [2.05, 4.69) is 10.6 Å². The third-order valence-corrected chi connectivity index (χ3v) is 4.11. The molecule has 8 heteroatoms. The number of benzene rings is 1. The van der Waals surface area contributed by atoms with Gasteiger partial charge in [-0.1, -0.05) is 30.0 Å². The maximum absolute atomic E-state index is 11.8. The van der Waals surface area contributed by atoms with E-state index in [1.54, 1.807) is 0 Å². The number of nitrogens with one attached hydrogen (secondary N) is 2. The van der Waals surface area contributed by atoms with Crippen LogP contribution < -0.4 is 10.6 Å². The highest BCUT2D eigenvalue weighted by molar-refractivity contribution is 8.14. The van der Waals surface area contributed by atoms with E-state index in [1.165, 1.54) is 0 Å². The number of thiocarbonyl (C=S) groups is 1. The molecule has 0 bridgehead atoms. The van der Waals surface area contributed by atoms with Gasteiger partial charge in [0.25, 0.3) is 5.24 Å². The van der Waals surface area contributed by atoms with Gasteiger partial charge in [0.05, 0.1) is 5.75 Å². The van der Waals surface area contributed by atoms with Crippen molar-refractivity contribution < 1.29 is 14.4 Å². The smallest absolute Gasteiger partial charge is 0.288 e. The van der Waals surface area contributed by atoms with Gasteiger partial charge in [-0.15, -0.1) is 0 Å². The van der Waals surface area contributed by atoms with Gasteiger partial charge in [0, 0.05) is 18.7 Å². The van der Waals surface area contributed by atoms with Crippen molar-refractivity contribution in [3.63, 3.8) is 0 Å². The first-order chi connectivity index (χ1) is 10.5. The van der Waals surface area contributed by atoms with Gasteiger partial charge in [-0.3, -0.25) is 19.3 Å². The molecule has 116 valence electrons. The highest BCUT2D eigenvalue weighted by Crippen LogP contribution is 2.18. The average Bonchev–Trinajstić information content (AvgIpc) is 2.78. The van der Waals surface area contributed by atoms with Crippen LogP contribution in [0.4, 0.5) is 10.5 Å². The quantitative estimate of drug-likeness (QED) is 0.817. The molecule has 1 aromatic rings. The zero-order valence-corrected chi connectivity index (χ0v) is 13.6. The van der Waals surface area contributed by atoms with E-state index in [0.29, 0.717) is 0 Å². The second-order valence-corrected chi connectivity index (χ2v) is 6.00. The fourth-order valence-corrected chi connectivity index (χ4v) is 2.84. The minimum absolute atomic E-state index is 0.0215. The van der Waals surface area contributed by atoms with Crippen molar-refractivity contribution in [2.45, 2.75) is 13.3 Å². The van der Waals surface area contributed by atoms with Gasteiger partial charge in [-0.2, -0.15) is 0 Å². The standard InChI is InChI=1S/C14H15N3O3S2/c1-9-4-2-3-5-10(9)15-13(21)16-11(18)6-7-17-12(19)8-22-14(17)20/h2-5H,6-8H2,1H3,(H2,15,16,18,21). The van der Waals surface area contributed by atoms with Crippen LogP contribution in [0.15, 0.2) is 24.3 Å². The predicted molar refractivity (Wildman–Crippen MR) is 89.7 cm³/mol. The van der Waals surface area contributed by atoms with Crippen LogP contribution in [0.5, 0.6) is 0 Å². The topological polar surface area (TPSA) is 78.5 Å². The molecule has 0 radical (unpaired) electrons. The van der Waals surface area contributed by atoms with Gasteiger partial charge in [0.2, 0.25) is 11.8 Å². The Morgan fingerprint density at radius 1 is 1.36 bits per heavy atom. The number of carbonyl (C=O) groups is 3. The summed E-state index contributed by atoms with van der Waals surface area (Å²) in [7, 11) is 0. The molecule has 2 N–H and O–H groups in total. The van der Waals surface area contributed by atoms with Gasteiger partial charge in [0.15, 0.2) is 5.11 Å². The predicted octanol–water partition coefficient (Wildman–Crippen LogP) is 1.89. The largest absolute Gasteiger partial charge is 0.332 e. The monoisotopic (exact) mass is 337 g/mol. The van der Waals surface area contributed by atoms with Crippen LogP contribution in [0, 0.1) is 6.92 Å². The Bertz CT molecular complexity index is 618. The van der Waals surface area contributed by atoms with E-state index >= 15 is 0 Å². The number of hydrogen-bond donors (Lipinski definition) is 2. The first-order valence-electron chi connectivity index (χ1n) is 6.61. The number of carbonyl (C=O) groups excluding carboxylic acids is 3. The molecule has 0 unspecified atom stereocenters. The Labute approximate surface area is 137 Å². The van der Waals surface area contributed by atoms with Crippen LogP contribution in [0.2, 0.25) is 0 Å². The van der Waals surface area contributed by atoms with Crippen LogP contribution >= 0.6 is 24.0 Å². The number of aryl methyl sites for hydroxylation is 1. The van der Waals surface area contributed by atoms with Gasteiger partial charge in [-0.25, -0.2) is 0 Å². The lowest BCUT2D eigenvalue weighted by Crippen LogP contribution is -2.37. The summed E-state index contributed by atoms with van der Waals surface area (Å²) in [5.41, 5.74) is 1.82. The number of imide groups is 1. The van der Waals surface area contributed by atoms with Gasteiger partial charge in [-0.05, 0) is 30.8 Å². The summed E-state index contributed by atoms with van der Waals surface area (Å²) >= 11 is 6.02. The Morgan fingerprint density at radius 2 is 2.09 bits per heavy atom. The van der Waals surface area contributed by atoms with Crippen LogP contribution in [0.1, 0.15) is 12.0 Å². The molecule has 1 saturated heterocycles. The molecule has 0 aliphatic carbocycles. The average molecular weight is 337 g/mol. The molecule has 22 heavy (non-hydrogen) atoms.